The first-order chi connectivity index (χ1) is 14.9. The number of nitrogens with one attached hydrogen (secondary N) is 1. The zero-order chi connectivity index (χ0) is 21.6. The molecule has 2 fully saturated rings. The van der Waals surface area contributed by atoms with Crippen molar-refractivity contribution >= 4 is 49.1 Å². The maximum Gasteiger partial charge on any atom is 0.260 e. The summed E-state index contributed by atoms with van der Waals surface area (Å²) >= 11 is 2.89. The van der Waals surface area contributed by atoms with Gasteiger partial charge >= 0.3 is 0 Å². The van der Waals surface area contributed by atoms with Crippen molar-refractivity contribution in [2.24, 2.45) is 0 Å². The second-order valence-corrected chi connectivity index (χ2v) is 12.8. The van der Waals surface area contributed by atoms with E-state index >= 15 is 0 Å². The highest BCUT2D eigenvalue weighted by molar-refractivity contribution is 7.99. The van der Waals surface area contributed by atoms with Crippen LogP contribution in [0, 0.1) is 0 Å². The topological polar surface area (TPSA) is 103 Å². The van der Waals surface area contributed by atoms with E-state index in [1.165, 1.54) is 22.2 Å². The molecule has 4 heterocycles. The molecule has 168 valence electrons. The van der Waals surface area contributed by atoms with Gasteiger partial charge in [-0.2, -0.15) is 0 Å². The molecule has 1 amide bonds. The standard InChI is InChI=1S/C20H26N4O4S3/c25-16(24-8-6-23(7-9-24)13-5-10-31(27,28)12-13)11-29-20-21-18(26)17-14-3-1-2-4-15(14)30-19(17)22-20/h13H,1-12H2,(H,21,22,26). The van der Waals surface area contributed by atoms with Crippen LogP contribution in [0.3, 0.4) is 0 Å². The number of hydrogen-bond donors (Lipinski definition) is 1. The van der Waals surface area contributed by atoms with Crippen LogP contribution in [-0.2, 0) is 27.5 Å². The number of nitrogens with zero attached hydrogens (tertiary/aromatic N) is 3. The number of amides is 1. The fourth-order valence-corrected chi connectivity index (χ4v) is 8.68. The fourth-order valence-electron chi connectivity index (χ4n) is 4.83. The summed E-state index contributed by atoms with van der Waals surface area (Å²) in [6, 6.07) is 0.0919. The van der Waals surface area contributed by atoms with E-state index in [2.05, 4.69) is 14.9 Å². The third kappa shape index (κ3) is 4.42. The van der Waals surface area contributed by atoms with Crippen LogP contribution in [0.15, 0.2) is 9.95 Å². The van der Waals surface area contributed by atoms with Crippen molar-refractivity contribution < 1.29 is 13.2 Å². The Hall–Kier alpha value is -1.43. The number of fused-ring (bicyclic) bond motifs is 3. The number of aromatic amines is 1. The Morgan fingerprint density at radius 3 is 2.71 bits per heavy atom. The van der Waals surface area contributed by atoms with Crippen LogP contribution in [0.25, 0.3) is 10.2 Å². The Bertz CT molecular complexity index is 1170. The molecule has 2 aromatic heterocycles. The Kier molecular flexibility index (Phi) is 5.87. The van der Waals surface area contributed by atoms with Gasteiger partial charge in [0, 0.05) is 37.1 Å². The van der Waals surface area contributed by atoms with Gasteiger partial charge in [0.2, 0.25) is 5.91 Å². The van der Waals surface area contributed by atoms with Crippen molar-refractivity contribution in [3.05, 3.63) is 20.8 Å². The number of carbonyl (C=O) groups is 1. The fraction of sp³-hybridized carbons (Fsp3) is 0.650. The normalized spacial score (nSPS) is 23.9. The van der Waals surface area contributed by atoms with Crippen LogP contribution in [-0.4, -0.2) is 83.6 Å². The van der Waals surface area contributed by atoms with Crippen molar-refractivity contribution in [2.75, 3.05) is 43.4 Å². The molecule has 5 rings (SSSR count). The summed E-state index contributed by atoms with van der Waals surface area (Å²) in [5, 5.41) is 1.24. The number of sulfone groups is 1. The average molecular weight is 483 g/mol. The van der Waals surface area contributed by atoms with Crippen LogP contribution in [0.1, 0.15) is 29.7 Å². The molecule has 2 aliphatic heterocycles. The number of aromatic nitrogens is 2. The predicted octanol–water partition coefficient (Wildman–Crippen LogP) is 1.29. The van der Waals surface area contributed by atoms with Gasteiger partial charge < -0.3 is 9.88 Å². The molecule has 0 spiro atoms. The molecule has 11 heteroatoms. The van der Waals surface area contributed by atoms with Gasteiger partial charge in [0.1, 0.15) is 4.83 Å². The number of piperazine rings is 1. The van der Waals surface area contributed by atoms with Crippen molar-refractivity contribution in [1.29, 1.82) is 0 Å². The van der Waals surface area contributed by atoms with Crippen molar-refractivity contribution in [3.8, 4) is 0 Å². The van der Waals surface area contributed by atoms with E-state index in [4.69, 9.17) is 0 Å². The Labute approximate surface area is 189 Å². The summed E-state index contributed by atoms with van der Waals surface area (Å²) in [6.45, 7) is 2.63. The third-order valence-electron chi connectivity index (χ3n) is 6.53. The van der Waals surface area contributed by atoms with E-state index in [-0.39, 0.29) is 34.8 Å². The van der Waals surface area contributed by atoms with Gasteiger partial charge in [-0.3, -0.25) is 14.5 Å². The Balaban J connectivity index is 1.18. The summed E-state index contributed by atoms with van der Waals surface area (Å²) in [6.07, 6.45) is 4.95. The highest BCUT2D eigenvalue weighted by Crippen LogP contribution is 2.34. The molecule has 1 aliphatic carbocycles. The first-order valence-corrected chi connectivity index (χ1v) is 14.4. The van der Waals surface area contributed by atoms with E-state index in [1.54, 1.807) is 11.3 Å². The molecule has 1 N–H and O–H groups in total. The molecule has 2 saturated heterocycles. The van der Waals surface area contributed by atoms with E-state index < -0.39 is 9.84 Å². The third-order valence-corrected chi connectivity index (χ3v) is 10.3. The largest absolute Gasteiger partial charge is 0.339 e. The highest BCUT2D eigenvalue weighted by Gasteiger charge is 2.34. The van der Waals surface area contributed by atoms with Gasteiger partial charge in [0.25, 0.3) is 5.56 Å². The van der Waals surface area contributed by atoms with Gasteiger partial charge in [0.15, 0.2) is 15.0 Å². The Morgan fingerprint density at radius 2 is 1.97 bits per heavy atom. The number of rotatable bonds is 4. The molecule has 0 radical (unpaired) electrons. The van der Waals surface area contributed by atoms with E-state index in [0.717, 1.165) is 35.9 Å². The molecule has 2 aromatic rings. The van der Waals surface area contributed by atoms with Crippen molar-refractivity contribution in [2.45, 2.75) is 43.3 Å². The number of H-pyrrole nitrogens is 1. The van der Waals surface area contributed by atoms with Crippen LogP contribution in [0.5, 0.6) is 0 Å². The zero-order valence-corrected chi connectivity index (χ0v) is 19.7. The predicted molar refractivity (Wildman–Crippen MR) is 123 cm³/mol. The first-order valence-electron chi connectivity index (χ1n) is 10.8. The number of thioether (sulfide) groups is 1. The summed E-state index contributed by atoms with van der Waals surface area (Å²) < 4.78 is 23.4. The molecule has 0 saturated carbocycles. The minimum atomic E-state index is -2.90. The monoisotopic (exact) mass is 482 g/mol. The lowest BCUT2D eigenvalue weighted by molar-refractivity contribution is -0.130. The van der Waals surface area contributed by atoms with E-state index in [9.17, 15) is 18.0 Å². The quantitative estimate of drug-likeness (QED) is 0.517. The number of aryl methyl sites for hydroxylation is 2. The smallest absolute Gasteiger partial charge is 0.260 e. The summed E-state index contributed by atoms with van der Waals surface area (Å²) in [7, 11) is -2.90. The summed E-state index contributed by atoms with van der Waals surface area (Å²) in [5.41, 5.74) is 1.07. The van der Waals surface area contributed by atoms with Crippen LogP contribution in [0.4, 0.5) is 0 Å². The van der Waals surface area contributed by atoms with Crippen molar-refractivity contribution in [3.63, 3.8) is 0 Å². The summed E-state index contributed by atoms with van der Waals surface area (Å²) in [5.74, 6) is 0.773. The maximum atomic E-state index is 12.7. The van der Waals surface area contributed by atoms with Crippen molar-refractivity contribution in [1.82, 2.24) is 19.8 Å². The molecule has 0 aromatic carbocycles. The molecular weight excluding hydrogens is 456 g/mol. The SMILES string of the molecule is O=C(CSc1nc2sc3c(c2c(=O)[nH]1)CCCC3)N1CCN(C2CCS(=O)(=O)C2)CC1. The van der Waals surface area contributed by atoms with Crippen LogP contribution in [0.2, 0.25) is 0 Å². The van der Waals surface area contributed by atoms with E-state index in [0.29, 0.717) is 37.8 Å². The minimum absolute atomic E-state index is 0.0249. The molecular formula is C20H26N4O4S3. The number of carbonyl (C=O) groups excluding carboxylic acids is 1. The van der Waals surface area contributed by atoms with Crippen LogP contribution < -0.4 is 5.56 Å². The van der Waals surface area contributed by atoms with Crippen LogP contribution >= 0.6 is 23.1 Å². The minimum Gasteiger partial charge on any atom is -0.339 e. The van der Waals surface area contributed by atoms with Gasteiger partial charge in [-0.15, -0.1) is 11.3 Å². The lowest BCUT2D eigenvalue weighted by atomic mass is 9.97. The van der Waals surface area contributed by atoms with E-state index in [1.807, 2.05) is 4.90 Å². The average Bonchev–Trinajstić information content (AvgIpc) is 3.31. The second-order valence-electron chi connectivity index (χ2n) is 8.52. The molecule has 31 heavy (non-hydrogen) atoms. The first kappa shape index (κ1) is 21.4. The maximum absolute atomic E-state index is 12.7. The van der Waals surface area contributed by atoms with Gasteiger partial charge in [-0.05, 0) is 37.7 Å². The number of thiophene rings is 1. The van der Waals surface area contributed by atoms with Gasteiger partial charge in [-0.1, -0.05) is 11.8 Å². The van der Waals surface area contributed by atoms with Gasteiger partial charge in [-0.25, -0.2) is 13.4 Å². The molecule has 1 atom stereocenters. The summed E-state index contributed by atoms with van der Waals surface area (Å²) in [4.78, 5) is 38.9. The lowest BCUT2D eigenvalue weighted by Gasteiger charge is -2.37. The Morgan fingerprint density at radius 1 is 1.19 bits per heavy atom. The second kappa shape index (κ2) is 8.49. The molecule has 3 aliphatic rings. The molecule has 1 unspecified atom stereocenters. The molecule has 8 nitrogen and oxygen atoms in total. The number of hydrogen-bond acceptors (Lipinski definition) is 8. The lowest BCUT2D eigenvalue weighted by Crippen LogP contribution is -2.52. The highest BCUT2D eigenvalue weighted by atomic mass is 32.2. The zero-order valence-electron chi connectivity index (χ0n) is 17.3. The van der Waals surface area contributed by atoms with Gasteiger partial charge in [0.05, 0.1) is 22.6 Å². The molecule has 0 bridgehead atoms.